The Balaban J connectivity index is 1.29. The highest BCUT2D eigenvalue weighted by molar-refractivity contribution is 7.22. The normalized spacial score (nSPS) is 20.5. The Kier molecular flexibility index (Phi) is 5.76. The van der Waals surface area contributed by atoms with Crippen LogP contribution in [-0.4, -0.2) is 58.6 Å². The maximum Gasteiger partial charge on any atom is 0.193 e. The summed E-state index contributed by atoms with van der Waals surface area (Å²) >= 11 is 1.69. The standard InChI is InChI=1S/C20H27N7S/c1-15-7-11-26(13-17(15)27-12-10-22-14-27)19(21-2)23-8-9-24-20-25-16-5-3-4-6-18(16)28-20/h3-6,10,12,14-15,17H,7-9,11,13H2,1-2H3,(H,21,23)(H,24,25). The number of likely N-dealkylation sites (tertiary alicyclic amines) is 1. The van der Waals surface area contributed by atoms with Crippen molar-refractivity contribution < 1.29 is 0 Å². The number of nitrogens with one attached hydrogen (secondary N) is 2. The average Bonchev–Trinajstić information content (AvgIpc) is 3.38. The second-order valence-electron chi connectivity index (χ2n) is 7.18. The molecule has 148 valence electrons. The minimum Gasteiger partial charge on any atom is -0.360 e. The highest BCUT2D eigenvalue weighted by atomic mass is 32.1. The molecule has 0 amide bonds. The molecule has 8 heteroatoms. The Morgan fingerprint density at radius 3 is 3.00 bits per heavy atom. The van der Waals surface area contributed by atoms with E-state index in [0.717, 1.165) is 49.2 Å². The van der Waals surface area contributed by atoms with Gasteiger partial charge in [0.15, 0.2) is 11.1 Å². The molecule has 2 unspecified atom stereocenters. The number of aromatic nitrogens is 3. The molecule has 2 N–H and O–H groups in total. The molecular formula is C20H27N7S. The first-order valence-electron chi connectivity index (χ1n) is 9.77. The molecule has 28 heavy (non-hydrogen) atoms. The number of thiazole rings is 1. The van der Waals surface area contributed by atoms with Crippen LogP contribution in [0.15, 0.2) is 48.0 Å². The number of piperidine rings is 1. The number of para-hydroxylation sites is 1. The first-order valence-corrected chi connectivity index (χ1v) is 10.6. The Hall–Kier alpha value is -2.61. The fourth-order valence-electron chi connectivity index (χ4n) is 3.72. The van der Waals surface area contributed by atoms with Gasteiger partial charge >= 0.3 is 0 Å². The molecule has 1 fully saturated rings. The molecule has 3 heterocycles. The van der Waals surface area contributed by atoms with E-state index in [1.165, 1.54) is 4.70 Å². The summed E-state index contributed by atoms with van der Waals surface area (Å²) in [5, 5.41) is 7.87. The van der Waals surface area contributed by atoms with Crippen LogP contribution in [0.4, 0.5) is 5.13 Å². The van der Waals surface area contributed by atoms with Gasteiger partial charge in [-0.05, 0) is 24.5 Å². The molecule has 4 rings (SSSR count). The van der Waals surface area contributed by atoms with Gasteiger partial charge in [0, 0.05) is 45.6 Å². The summed E-state index contributed by atoms with van der Waals surface area (Å²) in [6.07, 6.45) is 6.98. The summed E-state index contributed by atoms with van der Waals surface area (Å²) in [4.78, 5) is 15.7. The van der Waals surface area contributed by atoms with E-state index in [2.05, 4.69) is 54.2 Å². The van der Waals surface area contributed by atoms with Crippen molar-refractivity contribution in [3.63, 3.8) is 0 Å². The van der Waals surface area contributed by atoms with E-state index in [0.29, 0.717) is 12.0 Å². The van der Waals surface area contributed by atoms with E-state index in [1.54, 1.807) is 11.3 Å². The van der Waals surface area contributed by atoms with Gasteiger partial charge in [0.25, 0.3) is 0 Å². The van der Waals surface area contributed by atoms with Gasteiger partial charge in [-0.25, -0.2) is 9.97 Å². The van der Waals surface area contributed by atoms with Crippen LogP contribution in [0.25, 0.3) is 10.2 Å². The maximum absolute atomic E-state index is 4.62. The summed E-state index contributed by atoms with van der Waals surface area (Å²) in [5.74, 6) is 1.59. The first-order chi connectivity index (χ1) is 13.7. The number of rotatable bonds is 5. The van der Waals surface area contributed by atoms with Crippen LogP contribution in [0.1, 0.15) is 19.4 Å². The number of hydrogen-bond donors (Lipinski definition) is 2. The molecule has 1 aliphatic rings. The lowest BCUT2D eigenvalue weighted by Gasteiger charge is -2.39. The fraction of sp³-hybridized carbons (Fsp3) is 0.450. The first kappa shape index (κ1) is 18.7. The SMILES string of the molecule is CN=C(NCCNc1nc2ccccc2s1)N1CCC(C)C(n2ccnc2)C1. The third kappa shape index (κ3) is 4.11. The number of nitrogens with zero attached hydrogens (tertiary/aromatic N) is 5. The van der Waals surface area contributed by atoms with Crippen molar-refractivity contribution in [3.05, 3.63) is 43.0 Å². The lowest BCUT2D eigenvalue weighted by Crippen LogP contribution is -2.49. The largest absolute Gasteiger partial charge is 0.360 e. The van der Waals surface area contributed by atoms with E-state index in [1.807, 2.05) is 37.8 Å². The van der Waals surface area contributed by atoms with Crippen LogP contribution in [0.2, 0.25) is 0 Å². The van der Waals surface area contributed by atoms with E-state index < -0.39 is 0 Å². The van der Waals surface area contributed by atoms with Gasteiger partial charge in [0.2, 0.25) is 0 Å². The van der Waals surface area contributed by atoms with Crippen molar-refractivity contribution in [1.29, 1.82) is 0 Å². The van der Waals surface area contributed by atoms with Crippen molar-refractivity contribution in [2.24, 2.45) is 10.9 Å². The topological polar surface area (TPSA) is 70.4 Å². The van der Waals surface area contributed by atoms with Gasteiger partial charge < -0.3 is 20.1 Å². The number of benzene rings is 1. The van der Waals surface area contributed by atoms with Crippen molar-refractivity contribution in [3.8, 4) is 0 Å². The molecule has 2 atom stereocenters. The molecule has 3 aromatic rings. The van der Waals surface area contributed by atoms with Crippen LogP contribution in [0.5, 0.6) is 0 Å². The van der Waals surface area contributed by atoms with Crippen LogP contribution in [0, 0.1) is 5.92 Å². The number of aliphatic imine (C=N–C) groups is 1. The van der Waals surface area contributed by atoms with Gasteiger partial charge in [-0.1, -0.05) is 30.4 Å². The predicted molar refractivity (Wildman–Crippen MR) is 116 cm³/mol. The van der Waals surface area contributed by atoms with Gasteiger partial charge in [-0.2, -0.15) is 0 Å². The second-order valence-corrected chi connectivity index (χ2v) is 8.21. The summed E-state index contributed by atoms with van der Waals surface area (Å²) < 4.78 is 3.43. The van der Waals surface area contributed by atoms with Crippen molar-refractivity contribution in [2.75, 3.05) is 38.5 Å². The molecule has 7 nitrogen and oxygen atoms in total. The highest BCUT2D eigenvalue weighted by Gasteiger charge is 2.28. The quantitative estimate of drug-likeness (QED) is 0.393. The zero-order valence-electron chi connectivity index (χ0n) is 16.4. The van der Waals surface area contributed by atoms with Crippen LogP contribution in [-0.2, 0) is 0 Å². The van der Waals surface area contributed by atoms with Crippen molar-refractivity contribution >= 4 is 32.6 Å². The maximum atomic E-state index is 4.62. The van der Waals surface area contributed by atoms with E-state index in [-0.39, 0.29) is 0 Å². The Labute approximate surface area is 169 Å². The third-order valence-electron chi connectivity index (χ3n) is 5.32. The zero-order valence-corrected chi connectivity index (χ0v) is 17.2. The Morgan fingerprint density at radius 1 is 1.32 bits per heavy atom. The number of imidazole rings is 1. The number of anilines is 1. The molecule has 0 spiro atoms. The van der Waals surface area contributed by atoms with E-state index in [9.17, 15) is 0 Å². The van der Waals surface area contributed by atoms with Crippen LogP contribution in [0.3, 0.4) is 0 Å². The highest BCUT2D eigenvalue weighted by Crippen LogP contribution is 2.27. The lowest BCUT2D eigenvalue weighted by atomic mass is 9.93. The van der Waals surface area contributed by atoms with Crippen molar-refractivity contribution in [2.45, 2.75) is 19.4 Å². The monoisotopic (exact) mass is 397 g/mol. The third-order valence-corrected chi connectivity index (χ3v) is 6.31. The summed E-state index contributed by atoms with van der Waals surface area (Å²) in [7, 11) is 1.85. The molecule has 0 saturated carbocycles. The lowest BCUT2D eigenvalue weighted by molar-refractivity contribution is 0.189. The number of fused-ring (bicyclic) bond motifs is 1. The molecule has 1 aromatic carbocycles. The van der Waals surface area contributed by atoms with E-state index in [4.69, 9.17) is 0 Å². The van der Waals surface area contributed by atoms with Crippen LogP contribution >= 0.6 is 11.3 Å². The number of guanidine groups is 1. The van der Waals surface area contributed by atoms with Gasteiger partial charge in [0.1, 0.15) is 0 Å². The summed E-state index contributed by atoms with van der Waals surface area (Å²) in [6, 6.07) is 8.65. The van der Waals surface area contributed by atoms with Gasteiger partial charge in [-0.3, -0.25) is 4.99 Å². The average molecular weight is 398 g/mol. The Bertz CT molecular complexity index is 885. The minimum atomic E-state index is 0.427. The molecule has 0 aliphatic carbocycles. The zero-order chi connectivity index (χ0) is 19.3. The molecule has 1 saturated heterocycles. The fourth-order valence-corrected chi connectivity index (χ4v) is 4.61. The minimum absolute atomic E-state index is 0.427. The summed E-state index contributed by atoms with van der Waals surface area (Å²) in [5.41, 5.74) is 1.05. The molecule has 0 radical (unpaired) electrons. The predicted octanol–water partition coefficient (Wildman–Crippen LogP) is 3.06. The van der Waals surface area contributed by atoms with E-state index >= 15 is 0 Å². The van der Waals surface area contributed by atoms with Gasteiger partial charge in [0.05, 0.1) is 22.6 Å². The van der Waals surface area contributed by atoms with Crippen molar-refractivity contribution in [1.82, 2.24) is 24.8 Å². The summed E-state index contributed by atoms with van der Waals surface area (Å²) in [6.45, 7) is 5.89. The van der Waals surface area contributed by atoms with Crippen LogP contribution < -0.4 is 10.6 Å². The molecule has 0 bridgehead atoms. The van der Waals surface area contributed by atoms with Gasteiger partial charge in [-0.15, -0.1) is 0 Å². The number of hydrogen-bond acceptors (Lipinski definition) is 5. The molecule has 1 aliphatic heterocycles. The molecule has 2 aromatic heterocycles. The molecular weight excluding hydrogens is 370 g/mol. The second kappa shape index (κ2) is 8.60. The smallest absolute Gasteiger partial charge is 0.193 e. The Morgan fingerprint density at radius 2 is 2.21 bits per heavy atom.